The maximum atomic E-state index is 11.8. The van der Waals surface area contributed by atoms with E-state index < -0.39 is 11.7 Å². The summed E-state index contributed by atoms with van der Waals surface area (Å²) < 4.78 is 5.26. The van der Waals surface area contributed by atoms with Crippen LogP contribution in [0.3, 0.4) is 0 Å². The van der Waals surface area contributed by atoms with Gasteiger partial charge in [0.05, 0.1) is 17.6 Å². The van der Waals surface area contributed by atoms with Crippen molar-refractivity contribution in [2.24, 2.45) is 4.99 Å². The second-order valence-corrected chi connectivity index (χ2v) is 7.92. The molecule has 5 nitrogen and oxygen atoms in total. The monoisotopic (exact) mass is 401 g/mol. The highest BCUT2D eigenvalue weighted by atomic mass is 16.6. The minimum Gasteiger partial charge on any atom is -0.444 e. The highest BCUT2D eigenvalue weighted by Gasteiger charge is 2.15. The molecule has 30 heavy (non-hydrogen) atoms. The fourth-order valence-corrected chi connectivity index (χ4v) is 2.91. The Kier molecular flexibility index (Phi) is 6.96. The molecule has 0 atom stereocenters. The average molecular weight is 402 g/mol. The number of rotatable bonds is 6. The van der Waals surface area contributed by atoms with Crippen LogP contribution in [0.1, 0.15) is 37.5 Å². The van der Waals surface area contributed by atoms with Crippen molar-refractivity contribution in [3.8, 4) is 0 Å². The number of pyridine rings is 1. The molecule has 1 aromatic heterocycles. The van der Waals surface area contributed by atoms with E-state index in [-0.39, 0.29) is 0 Å². The number of nitrogens with one attached hydrogen (secondary N) is 1. The molecule has 0 aliphatic heterocycles. The molecule has 0 bridgehead atoms. The summed E-state index contributed by atoms with van der Waals surface area (Å²) in [7, 11) is 0. The second-order valence-electron chi connectivity index (χ2n) is 7.92. The number of amides is 1. The molecule has 0 radical (unpaired) electrons. The van der Waals surface area contributed by atoms with Crippen molar-refractivity contribution >= 4 is 17.5 Å². The largest absolute Gasteiger partial charge is 0.444 e. The summed E-state index contributed by atoms with van der Waals surface area (Å²) in [6.07, 6.45) is 3.76. The van der Waals surface area contributed by atoms with Gasteiger partial charge in [0.2, 0.25) is 0 Å². The van der Waals surface area contributed by atoms with Crippen LogP contribution in [-0.2, 0) is 11.2 Å². The summed E-state index contributed by atoms with van der Waals surface area (Å²) in [6.45, 7) is 5.99. The number of carbonyl (C=O) groups is 1. The van der Waals surface area contributed by atoms with Crippen molar-refractivity contribution in [2.75, 3.05) is 6.54 Å². The number of carbonyl (C=O) groups excluding carboxylic acids is 1. The van der Waals surface area contributed by atoms with Crippen LogP contribution >= 0.6 is 0 Å². The van der Waals surface area contributed by atoms with Crippen molar-refractivity contribution < 1.29 is 9.53 Å². The van der Waals surface area contributed by atoms with Gasteiger partial charge in [0.1, 0.15) is 5.60 Å². The van der Waals surface area contributed by atoms with Gasteiger partial charge in [-0.2, -0.15) is 0 Å². The predicted octanol–water partition coefficient (Wildman–Crippen LogP) is 5.32. The van der Waals surface area contributed by atoms with E-state index in [1.165, 1.54) is 0 Å². The molecule has 0 unspecified atom stereocenters. The Morgan fingerprint density at radius 3 is 2.13 bits per heavy atom. The van der Waals surface area contributed by atoms with Gasteiger partial charge in [0.25, 0.3) is 0 Å². The summed E-state index contributed by atoms with van der Waals surface area (Å²) in [5.41, 5.74) is 4.23. The van der Waals surface area contributed by atoms with Crippen molar-refractivity contribution in [3.05, 3.63) is 95.8 Å². The zero-order valence-corrected chi connectivity index (χ0v) is 17.6. The van der Waals surface area contributed by atoms with E-state index in [0.717, 1.165) is 28.1 Å². The van der Waals surface area contributed by atoms with Crippen molar-refractivity contribution in [2.45, 2.75) is 32.8 Å². The topological polar surface area (TPSA) is 63.6 Å². The van der Waals surface area contributed by atoms with Gasteiger partial charge in [-0.25, -0.2) is 9.79 Å². The lowest BCUT2D eigenvalue weighted by atomic mass is 10.0. The third kappa shape index (κ3) is 6.55. The van der Waals surface area contributed by atoms with E-state index in [9.17, 15) is 4.79 Å². The Morgan fingerprint density at radius 2 is 1.57 bits per heavy atom. The fraction of sp³-hybridized carbons (Fsp3) is 0.240. The molecule has 1 N–H and O–H groups in total. The van der Waals surface area contributed by atoms with Crippen LogP contribution in [0.5, 0.6) is 0 Å². The lowest BCUT2D eigenvalue weighted by molar-refractivity contribution is 0.0528. The average Bonchev–Trinajstić information content (AvgIpc) is 2.72. The van der Waals surface area contributed by atoms with Crippen LogP contribution in [0, 0.1) is 0 Å². The molecule has 0 spiro atoms. The number of nitrogens with zero attached hydrogens (tertiary/aromatic N) is 2. The van der Waals surface area contributed by atoms with Gasteiger partial charge < -0.3 is 10.1 Å². The van der Waals surface area contributed by atoms with Crippen LogP contribution in [0.25, 0.3) is 0 Å². The van der Waals surface area contributed by atoms with E-state index in [4.69, 9.17) is 9.73 Å². The molecule has 0 fully saturated rings. The predicted molar refractivity (Wildman–Crippen MR) is 120 cm³/mol. The number of alkyl carbamates (subject to hydrolysis) is 1. The summed E-state index contributed by atoms with van der Waals surface area (Å²) in [4.78, 5) is 21.0. The molecule has 2 aromatic carbocycles. The molecule has 0 aliphatic rings. The van der Waals surface area contributed by atoms with Crippen molar-refractivity contribution in [1.82, 2.24) is 10.3 Å². The molecule has 0 saturated heterocycles. The zero-order valence-electron chi connectivity index (χ0n) is 17.6. The van der Waals surface area contributed by atoms with Crippen LogP contribution < -0.4 is 5.32 Å². The molecular formula is C25H27N3O2. The molecule has 1 amide bonds. The molecule has 5 heteroatoms. The number of benzene rings is 2. The summed E-state index contributed by atoms with van der Waals surface area (Å²) in [6, 6.07) is 22.2. The first kappa shape index (κ1) is 21.2. The number of aromatic nitrogens is 1. The second kappa shape index (κ2) is 9.83. The van der Waals surface area contributed by atoms with E-state index in [1.807, 2.05) is 87.5 Å². The Hall–Kier alpha value is -3.47. The van der Waals surface area contributed by atoms with Crippen LogP contribution in [0.4, 0.5) is 10.5 Å². The number of ether oxygens (including phenoxy) is 1. The summed E-state index contributed by atoms with van der Waals surface area (Å²) in [5, 5.41) is 2.77. The smallest absolute Gasteiger partial charge is 0.407 e. The lowest BCUT2D eigenvalue weighted by Crippen LogP contribution is -2.33. The SMILES string of the molecule is CC(C)(C)OC(=O)NCCc1cncc(N=C(c2ccccc2)c2ccccc2)c1. The van der Waals surface area contributed by atoms with E-state index >= 15 is 0 Å². The van der Waals surface area contributed by atoms with E-state index in [0.29, 0.717) is 13.0 Å². The molecule has 0 aliphatic carbocycles. The standard InChI is InChI=1S/C25H27N3O2/c1-25(2,3)30-24(29)27-15-14-19-16-22(18-26-17-19)28-23(20-10-6-4-7-11-20)21-12-8-5-9-13-21/h4-13,16-18H,14-15H2,1-3H3,(H,27,29). The first-order valence-electron chi connectivity index (χ1n) is 10.0. The van der Waals surface area contributed by atoms with Crippen LogP contribution in [0.2, 0.25) is 0 Å². The molecule has 154 valence electrons. The van der Waals surface area contributed by atoms with Crippen molar-refractivity contribution in [1.29, 1.82) is 0 Å². The van der Waals surface area contributed by atoms with Gasteiger partial charge in [-0.3, -0.25) is 4.98 Å². The van der Waals surface area contributed by atoms with Gasteiger partial charge in [-0.05, 0) is 38.8 Å². The summed E-state index contributed by atoms with van der Waals surface area (Å²) >= 11 is 0. The van der Waals surface area contributed by atoms with Gasteiger partial charge in [0.15, 0.2) is 0 Å². The Balaban J connectivity index is 1.76. The molecule has 1 heterocycles. The van der Waals surface area contributed by atoms with Crippen molar-refractivity contribution in [3.63, 3.8) is 0 Å². The highest BCUT2D eigenvalue weighted by Crippen LogP contribution is 2.19. The number of aliphatic imine (C=N–C) groups is 1. The third-order valence-corrected chi connectivity index (χ3v) is 4.20. The Labute approximate surface area is 177 Å². The fourth-order valence-electron chi connectivity index (χ4n) is 2.91. The van der Waals surface area contributed by atoms with Crippen LogP contribution in [0.15, 0.2) is 84.1 Å². The van der Waals surface area contributed by atoms with E-state index in [1.54, 1.807) is 12.4 Å². The molecular weight excluding hydrogens is 374 g/mol. The minimum atomic E-state index is -0.508. The first-order chi connectivity index (χ1) is 14.4. The highest BCUT2D eigenvalue weighted by molar-refractivity contribution is 6.13. The Morgan fingerprint density at radius 1 is 0.967 bits per heavy atom. The van der Waals surface area contributed by atoms with E-state index in [2.05, 4.69) is 10.3 Å². The maximum Gasteiger partial charge on any atom is 0.407 e. The molecule has 3 rings (SSSR count). The first-order valence-corrected chi connectivity index (χ1v) is 10.0. The Bertz CT molecular complexity index is 952. The lowest BCUT2D eigenvalue weighted by Gasteiger charge is -2.19. The zero-order chi connectivity index (χ0) is 21.4. The quantitative estimate of drug-likeness (QED) is 0.569. The van der Waals surface area contributed by atoms with Gasteiger partial charge in [-0.1, -0.05) is 60.7 Å². The van der Waals surface area contributed by atoms with Gasteiger partial charge in [0, 0.05) is 23.9 Å². The normalized spacial score (nSPS) is 10.9. The van der Waals surface area contributed by atoms with Gasteiger partial charge in [-0.15, -0.1) is 0 Å². The van der Waals surface area contributed by atoms with Crippen LogP contribution in [-0.4, -0.2) is 28.9 Å². The third-order valence-electron chi connectivity index (χ3n) is 4.20. The number of hydrogen-bond donors (Lipinski definition) is 1. The number of hydrogen-bond acceptors (Lipinski definition) is 4. The van der Waals surface area contributed by atoms with Gasteiger partial charge >= 0.3 is 6.09 Å². The minimum absolute atomic E-state index is 0.417. The maximum absolute atomic E-state index is 11.8. The molecule has 0 saturated carbocycles. The summed E-state index contributed by atoms with van der Waals surface area (Å²) in [5.74, 6) is 0. The molecule has 3 aromatic rings.